The largest absolute Gasteiger partial charge is 0.339 e. The van der Waals surface area contributed by atoms with Gasteiger partial charge in [0.15, 0.2) is 5.82 Å². The Morgan fingerprint density at radius 1 is 1.27 bits per heavy atom. The summed E-state index contributed by atoms with van der Waals surface area (Å²) < 4.78 is 39.6. The highest BCUT2D eigenvalue weighted by Crippen LogP contribution is 2.30. The molecule has 0 amide bonds. The topological polar surface area (TPSA) is 99.8 Å². The van der Waals surface area contributed by atoms with Gasteiger partial charge in [-0.15, -0.1) is 0 Å². The van der Waals surface area contributed by atoms with Gasteiger partial charge in [-0.1, -0.05) is 6.07 Å². The van der Waals surface area contributed by atoms with Gasteiger partial charge >= 0.3 is 0 Å². The van der Waals surface area contributed by atoms with E-state index in [2.05, 4.69) is 25.0 Å². The number of halogens is 1. The van der Waals surface area contributed by atoms with Crippen LogP contribution >= 0.6 is 0 Å². The second kappa shape index (κ2) is 5.35. The molecule has 0 atom stereocenters. The van der Waals surface area contributed by atoms with Crippen molar-refractivity contribution >= 4 is 21.5 Å². The standard InChI is InChI=1S/C13H12FN5O2S/c1-15-22(20,21)9-4-2-3-8(5-9)19-13-11-10(14)6-16-12(11)17-7-18-13/h2-7,15H,1H3,(H2,16,17,18,19). The van der Waals surface area contributed by atoms with Gasteiger partial charge in [-0.2, -0.15) is 0 Å². The summed E-state index contributed by atoms with van der Waals surface area (Å²) in [6, 6.07) is 6.14. The molecule has 0 aliphatic carbocycles. The Morgan fingerprint density at radius 3 is 2.86 bits per heavy atom. The van der Waals surface area contributed by atoms with E-state index >= 15 is 0 Å². The molecule has 1 aromatic rings. The van der Waals surface area contributed by atoms with Crippen LogP contribution in [0.1, 0.15) is 0 Å². The van der Waals surface area contributed by atoms with Crippen LogP contribution in [-0.2, 0) is 10.0 Å². The molecule has 0 saturated heterocycles. The summed E-state index contributed by atoms with van der Waals surface area (Å²) in [5.74, 6) is 0.0950. The lowest BCUT2D eigenvalue weighted by Gasteiger charge is -2.10. The molecule has 2 aliphatic heterocycles. The van der Waals surface area contributed by atoms with Crippen LogP contribution in [0.3, 0.4) is 0 Å². The van der Waals surface area contributed by atoms with Gasteiger partial charge in [0, 0.05) is 5.69 Å². The smallest absolute Gasteiger partial charge is 0.240 e. The van der Waals surface area contributed by atoms with E-state index in [1.807, 2.05) is 0 Å². The van der Waals surface area contributed by atoms with Crippen molar-refractivity contribution in [3.8, 4) is 11.4 Å². The fourth-order valence-corrected chi connectivity index (χ4v) is 2.79. The Hall–Kier alpha value is -2.52. The van der Waals surface area contributed by atoms with Crippen LogP contribution in [0.15, 0.2) is 41.7 Å². The summed E-state index contributed by atoms with van der Waals surface area (Å²) in [5.41, 5.74) is 0.682. The van der Waals surface area contributed by atoms with Gasteiger partial charge in [-0.25, -0.2) is 27.5 Å². The summed E-state index contributed by atoms with van der Waals surface area (Å²) in [5, 5.41) is 2.91. The Bertz CT molecular complexity index is 893. The number of nitrogens with zero attached hydrogens (tertiary/aromatic N) is 2. The minimum Gasteiger partial charge on any atom is -0.339 e. The quantitative estimate of drug-likeness (QED) is 0.679. The van der Waals surface area contributed by atoms with E-state index in [-0.39, 0.29) is 16.3 Å². The molecule has 3 N–H and O–H groups in total. The van der Waals surface area contributed by atoms with Crippen molar-refractivity contribution in [1.29, 1.82) is 0 Å². The molecule has 0 radical (unpaired) electrons. The first-order chi connectivity index (χ1) is 10.5. The number of aromatic nitrogens is 3. The predicted molar refractivity (Wildman–Crippen MR) is 78.9 cm³/mol. The van der Waals surface area contributed by atoms with Gasteiger partial charge in [-0.05, 0) is 25.2 Å². The normalized spacial score (nSPS) is 11.7. The van der Waals surface area contributed by atoms with Gasteiger partial charge in [0.1, 0.15) is 11.6 Å². The first-order valence-electron chi connectivity index (χ1n) is 6.29. The van der Waals surface area contributed by atoms with Crippen LogP contribution in [0, 0.1) is 5.82 Å². The third-order valence-corrected chi connectivity index (χ3v) is 4.50. The second-order valence-corrected chi connectivity index (χ2v) is 6.33. The molecular weight excluding hydrogens is 309 g/mol. The zero-order chi connectivity index (χ0) is 15.7. The summed E-state index contributed by atoms with van der Waals surface area (Å²) in [6.07, 6.45) is 2.47. The monoisotopic (exact) mass is 321 g/mol. The van der Waals surface area contributed by atoms with E-state index in [0.717, 1.165) is 6.20 Å². The number of nitrogens with one attached hydrogen (secondary N) is 3. The molecule has 2 heterocycles. The van der Waals surface area contributed by atoms with Gasteiger partial charge in [0.25, 0.3) is 0 Å². The van der Waals surface area contributed by atoms with Crippen molar-refractivity contribution in [2.24, 2.45) is 0 Å². The number of sulfonamides is 1. The van der Waals surface area contributed by atoms with Crippen LogP contribution in [0.2, 0.25) is 0 Å². The number of benzene rings is 1. The number of anilines is 2. The molecule has 1 aromatic carbocycles. The highest BCUT2D eigenvalue weighted by atomic mass is 32.2. The summed E-state index contributed by atoms with van der Waals surface area (Å²) in [7, 11) is -2.22. The summed E-state index contributed by atoms with van der Waals surface area (Å²) in [6.45, 7) is 0. The highest BCUT2D eigenvalue weighted by molar-refractivity contribution is 7.89. The molecule has 9 heteroatoms. The Balaban J connectivity index is 2.00. The van der Waals surface area contributed by atoms with Crippen LogP contribution in [0.5, 0.6) is 0 Å². The Labute approximate surface area is 126 Å². The average Bonchev–Trinajstić information content (AvgIpc) is 2.90. The number of aromatic amines is 1. The average molecular weight is 321 g/mol. The van der Waals surface area contributed by atoms with Crippen LogP contribution in [0.4, 0.5) is 15.9 Å². The van der Waals surface area contributed by atoms with Gasteiger partial charge in [0.05, 0.1) is 23.0 Å². The van der Waals surface area contributed by atoms with Crippen molar-refractivity contribution in [3.63, 3.8) is 0 Å². The lowest BCUT2D eigenvalue weighted by atomic mass is 10.2. The third-order valence-electron chi connectivity index (χ3n) is 3.09. The maximum Gasteiger partial charge on any atom is 0.240 e. The molecule has 3 rings (SSSR count). The lowest BCUT2D eigenvalue weighted by molar-refractivity contribution is 0.588. The van der Waals surface area contributed by atoms with Crippen LogP contribution < -0.4 is 10.0 Å². The Kier molecular flexibility index (Phi) is 3.51. The summed E-state index contributed by atoms with van der Waals surface area (Å²) in [4.78, 5) is 10.7. The van der Waals surface area contributed by atoms with E-state index in [0.29, 0.717) is 11.5 Å². The molecule has 0 bridgehead atoms. The van der Waals surface area contributed by atoms with Crippen molar-refractivity contribution in [3.05, 3.63) is 42.6 Å². The minimum absolute atomic E-state index is 0.0971. The summed E-state index contributed by atoms with van der Waals surface area (Å²) >= 11 is 0. The van der Waals surface area contributed by atoms with Gasteiger partial charge in [-0.3, -0.25) is 0 Å². The number of H-pyrrole nitrogens is 1. The minimum atomic E-state index is -3.56. The van der Waals surface area contributed by atoms with E-state index < -0.39 is 15.8 Å². The van der Waals surface area contributed by atoms with Crippen molar-refractivity contribution < 1.29 is 12.8 Å². The zero-order valence-electron chi connectivity index (χ0n) is 11.5. The molecule has 0 fully saturated rings. The molecular formula is C13H12FN5O2S. The van der Waals surface area contributed by atoms with Crippen LogP contribution in [0.25, 0.3) is 11.4 Å². The molecule has 7 nitrogen and oxygen atoms in total. The number of hydrogen-bond acceptors (Lipinski definition) is 5. The number of rotatable bonds is 4. The van der Waals surface area contributed by atoms with Crippen LogP contribution in [-0.4, -0.2) is 30.4 Å². The molecule has 0 aromatic heterocycles. The van der Waals surface area contributed by atoms with E-state index in [1.165, 1.54) is 25.5 Å². The maximum atomic E-state index is 13.8. The fourth-order valence-electron chi connectivity index (χ4n) is 2.01. The molecule has 0 unspecified atom stereocenters. The SMILES string of the molecule is CNS(=O)(=O)c1cccc(Nc2nc[nH]c3ncc(F)c2-3)c1. The second-order valence-electron chi connectivity index (χ2n) is 4.44. The number of hydrogen-bond donors (Lipinski definition) is 3. The first-order valence-corrected chi connectivity index (χ1v) is 7.78. The van der Waals surface area contributed by atoms with Crippen molar-refractivity contribution in [2.75, 3.05) is 12.4 Å². The number of fused-ring (bicyclic) bond motifs is 1. The Morgan fingerprint density at radius 2 is 2.09 bits per heavy atom. The zero-order valence-corrected chi connectivity index (χ0v) is 12.3. The lowest BCUT2D eigenvalue weighted by Crippen LogP contribution is -2.18. The third kappa shape index (κ3) is 2.51. The molecule has 0 saturated carbocycles. The van der Waals surface area contributed by atoms with E-state index in [1.54, 1.807) is 12.1 Å². The first kappa shape index (κ1) is 14.4. The highest BCUT2D eigenvalue weighted by Gasteiger charge is 2.18. The molecule has 0 spiro atoms. The fraction of sp³-hybridized carbons (Fsp3) is 0.0769. The van der Waals surface area contributed by atoms with E-state index in [9.17, 15) is 12.8 Å². The molecule has 22 heavy (non-hydrogen) atoms. The maximum absolute atomic E-state index is 13.8. The predicted octanol–water partition coefficient (Wildman–Crippen LogP) is 1.70. The van der Waals surface area contributed by atoms with Crippen molar-refractivity contribution in [1.82, 2.24) is 19.7 Å². The van der Waals surface area contributed by atoms with E-state index in [4.69, 9.17) is 0 Å². The van der Waals surface area contributed by atoms with Crippen molar-refractivity contribution in [2.45, 2.75) is 4.90 Å². The van der Waals surface area contributed by atoms with Gasteiger partial charge in [0.2, 0.25) is 10.0 Å². The van der Waals surface area contributed by atoms with Gasteiger partial charge < -0.3 is 10.3 Å². The molecule has 2 aliphatic rings. The molecule has 114 valence electrons.